The Morgan fingerprint density at radius 1 is 1.30 bits per heavy atom. The van der Waals surface area contributed by atoms with E-state index in [2.05, 4.69) is 15.3 Å². The molecule has 1 unspecified atom stereocenters. The number of fused-ring (bicyclic) bond motifs is 1. The van der Waals surface area contributed by atoms with Crippen LogP contribution in [0.1, 0.15) is 41.6 Å². The van der Waals surface area contributed by atoms with E-state index in [1.54, 1.807) is 24.3 Å². The number of nitrogens with one attached hydrogen (secondary N) is 3. The molecule has 2 aromatic heterocycles. The van der Waals surface area contributed by atoms with Crippen molar-refractivity contribution in [3.05, 3.63) is 63.0 Å². The predicted molar refractivity (Wildman–Crippen MR) is 107 cm³/mol. The number of aromatic nitrogens is 3. The average molecular weight is 414 g/mol. The maximum absolute atomic E-state index is 12.8. The van der Waals surface area contributed by atoms with Gasteiger partial charge in [0.1, 0.15) is 0 Å². The third kappa shape index (κ3) is 3.84. The first-order valence-electron chi connectivity index (χ1n) is 9.27. The molecule has 4 N–H and O–H groups in total. The quantitative estimate of drug-likeness (QED) is 0.337. The fourth-order valence-electron chi connectivity index (χ4n) is 3.27. The lowest BCUT2D eigenvalue weighted by Gasteiger charge is -2.16. The number of benzene rings is 1. The van der Waals surface area contributed by atoms with Crippen molar-refractivity contribution in [1.82, 2.24) is 15.3 Å². The van der Waals surface area contributed by atoms with Gasteiger partial charge in [-0.25, -0.2) is 4.79 Å². The van der Waals surface area contributed by atoms with Gasteiger partial charge in [0.15, 0.2) is 6.04 Å². The van der Waals surface area contributed by atoms with E-state index in [9.17, 15) is 24.7 Å². The van der Waals surface area contributed by atoms with E-state index in [-0.39, 0.29) is 22.8 Å². The number of hydrogen-bond donors (Lipinski definition) is 4. The second kappa shape index (κ2) is 8.27. The van der Waals surface area contributed by atoms with Crippen LogP contribution >= 0.6 is 0 Å². The molecule has 3 aromatic rings. The van der Waals surface area contributed by atoms with Crippen molar-refractivity contribution in [2.45, 2.75) is 26.3 Å². The van der Waals surface area contributed by atoms with Crippen LogP contribution in [-0.4, -0.2) is 34.1 Å². The molecule has 0 radical (unpaired) electrons. The van der Waals surface area contributed by atoms with Crippen LogP contribution in [0.4, 0.5) is 0 Å². The first-order chi connectivity index (χ1) is 14.2. The number of carboxylic acids is 1. The molecule has 3 rings (SSSR count). The van der Waals surface area contributed by atoms with Gasteiger partial charge in [0.2, 0.25) is 5.69 Å². The number of ether oxygens (including phenoxy) is 1. The first-order valence-corrected chi connectivity index (χ1v) is 9.27. The second-order valence-corrected chi connectivity index (χ2v) is 7.21. The van der Waals surface area contributed by atoms with Gasteiger partial charge < -0.3 is 30.3 Å². The molecule has 0 aliphatic carbocycles. The van der Waals surface area contributed by atoms with Crippen molar-refractivity contribution >= 4 is 22.8 Å². The van der Waals surface area contributed by atoms with E-state index in [4.69, 9.17) is 4.74 Å². The van der Waals surface area contributed by atoms with Gasteiger partial charge in [0.25, 0.3) is 11.6 Å². The first kappa shape index (κ1) is 20.9. The SMILES string of the molecule is COc1c(C(=O)NC(C(=O)O)c2c[nH]c3ccccc23)[nH]c(=O)c(CC(C)C)[n+]1[O-]. The molecular weight excluding hydrogens is 392 g/mol. The number of carboxylic acid groups (broad SMARTS) is 1. The Hall–Kier alpha value is -3.82. The fourth-order valence-corrected chi connectivity index (χ4v) is 3.27. The lowest BCUT2D eigenvalue weighted by molar-refractivity contribution is -0.622. The smallest absolute Gasteiger partial charge is 0.409 e. The molecule has 0 saturated heterocycles. The van der Waals surface area contributed by atoms with E-state index in [0.29, 0.717) is 16.5 Å². The van der Waals surface area contributed by atoms with Crippen LogP contribution in [0.3, 0.4) is 0 Å². The maximum atomic E-state index is 12.8. The minimum Gasteiger partial charge on any atom is -0.616 e. The summed E-state index contributed by atoms with van der Waals surface area (Å²) >= 11 is 0. The number of carbonyl (C=O) groups excluding carboxylic acids is 1. The Labute approximate surface area is 171 Å². The van der Waals surface area contributed by atoms with Gasteiger partial charge in [-0.05, 0) is 12.0 Å². The lowest BCUT2D eigenvalue weighted by atomic mass is 10.1. The van der Waals surface area contributed by atoms with E-state index >= 15 is 0 Å². The molecule has 0 aliphatic rings. The van der Waals surface area contributed by atoms with Crippen molar-refractivity contribution in [1.29, 1.82) is 0 Å². The number of methoxy groups -OCH3 is 1. The number of para-hydroxylation sites is 1. The number of aliphatic carboxylic acids is 1. The highest BCUT2D eigenvalue weighted by atomic mass is 16.5. The van der Waals surface area contributed by atoms with Crippen LogP contribution in [0, 0.1) is 11.1 Å². The molecule has 1 atom stereocenters. The third-order valence-corrected chi connectivity index (χ3v) is 4.62. The average Bonchev–Trinajstić information content (AvgIpc) is 3.12. The van der Waals surface area contributed by atoms with Gasteiger partial charge in [-0.2, -0.15) is 0 Å². The summed E-state index contributed by atoms with van der Waals surface area (Å²) in [6.07, 6.45) is 1.67. The number of nitrogens with zero attached hydrogens (tertiary/aromatic N) is 1. The van der Waals surface area contributed by atoms with E-state index in [1.807, 2.05) is 13.8 Å². The Kier molecular flexibility index (Phi) is 5.77. The molecular formula is C20H22N4O6. The summed E-state index contributed by atoms with van der Waals surface area (Å²) < 4.78 is 5.32. The van der Waals surface area contributed by atoms with Crippen molar-refractivity contribution in [3.8, 4) is 5.88 Å². The maximum Gasteiger partial charge on any atom is 0.409 e. The van der Waals surface area contributed by atoms with Crippen LogP contribution in [0.2, 0.25) is 0 Å². The number of rotatable bonds is 7. The summed E-state index contributed by atoms with van der Waals surface area (Å²) in [5.41, 5.74) is -0.238. The Bertz CT molecular complexity index is 1160. The summed E-state index contributed by atoms with van der Waals surface area (Å²) in [6.45, 7) is 3.68. The molecule has 0 spiro atoms. The Morgan fingerprint density at radius 3 is 2.63 bits per heavy atom. The summed E-state index contributed by atoms with van der Waals surface area (Å²) in [5.74, 6) is -2.65. The molecule has 1 amide bonds. The van der Waals surface area contributed by atoms with Crippen molar-refractivity contribution in [3.63, 3.8) is 0 Å². The van der Waals surface area contributed by atoms with Gasteiger partial charge in [-0.3, -0.25) is 9.59 Å². The molecule has 0 bridgehead atoms. The zero-order chi connectivity index (χ0) is 22.0. The van der Waals surface area contributed by atoms with Gasteiger partial charge in [0.05, 0.1) is 7.11 Å². The summed E-state index contributed by atoms with van der Waals surface area (Å²) in [6, 6.07) is 5.61. The molecule has 1 aromatic carbocycles. The van der Waals surface area contributed by atoms with Gasteiger partial charge in [-0.1, -0.05) is 32.0 Å². The monoisotopic (exact) mass is 414 g/mol. The van der Waals surface area contributed by atoms with E-state index in [0.717, 1.165) is 0 Å². The van der Waals surface area contributed by atoms with Gasteiger partial charge >= 0.3 is 17.4 Å². The molecule has 0 saturated carbocycles. The Morgan fingerprint density at radius 2 is 2.00 bits per heavy atom. The number of carbonyl (C=O) groups is 2. The molecule has 10 nitrogen and oxygen atoms in total. The Balaban J connectivity index is 2.01. The molecule has 10 heteroatoms. The molecule has 158 valence electrons. The second-order valence-electron chi connectivity index (χ2n) is 7.21. The highest BCUT2D eigenvalue weighted by Crippen LogP contribution is 2.25. The van der Waals surface area contributed by atoms with Crippen molar-refractivity contribution in [2.24, 2.45) is 5.92 Å². The largest absolute Gasteiger partial charge is 0.616 e. The molecule has 0 aliphatic heterocycles. The van der Waals surface area contributed by atoms with Crippen LogP contribution < -0.4 is 20.3 Å². The highest BCUT2D eigenvalue weighted by Gasteiger charge is 2.31. The number of hydrogen-bond acceptors (Lipinski definition) is 5. The van der Waals surface area contributed by atoms with Crippen LogP contribution in [0.15, 0.2) is 35.3 Å². The summed E-state index contributed by atoms with van der Waals surface area (Å²) in [4.78, 5) is 42.4. The predicted octanol–water partition coefficient (Wildman–Crippen LogP) is 1.25. The van der Waals surface area contributed by atoms with Gasteiger partial charge in [-0.15, -0.1) is 4.73 Å². The number of aromatic amines is 2. The van der Waals surface area contributed by atoms with Crippen LogP contribution in [0.25, 0.3) is 10.9 Å². The number of amides is 1. The summed E-state index contributed by atoms with van der Waals surface area (Å²) in [7, 11) is 1.19. The zero-order valence-corrected chi connectivity index (χ0v) is 16.7. The topological polar surface area (TPSA) is 151 Å². The van der Waals surface area contributed by atoms with Crippen molar-refractivity contribution < 1.29 is 24.2 Å². The standard InChI is InChI=1S/C20H22N4O6/c1-10(2)8-14-17(25)23-16(19(30-3)24(14)29)18(26)22-15(20(27)28)12-9-21-13-7-5-4-6-11(12)13/h4-7,9-10,15,21H,8H2,1-3H3,(H,22,26)(H,23,25)(H,27,28). The third-order valence-electron chi connectivity index (χ3n) is 4.62. The van der Waals surface area contributed by atoms with Crippen molar-refractivity contribution in [2.75, 3.05) is 7.11 Å². The molecule has 2 heterocycles. The van der Waals surface area contributed by atoms with Gasteiger partial charge in [0, 0.05) is 29.1 Å². The minimum absolute atomic E-state index is 0.0222. The summed E-state index contributed by atoms with van der Waals surface area (Å²) in [5, 5.41) is 25.2. The zero-order valence-electron chi connectivity index (χ0n) is 16.7. The van der Waals surface area contributed by atoms with Crippen LogP contribution in [0.5, 0.6) is 5.88 Å². The highest BCUT2D eigenvalue weighted by molar-refractivity contribution is 5.98. The lowest BCUT2D eigenvalue weighted by Crippen LogP contribution is -2.45. The number of H-pyrrole nitrogens is 2. The van der Waals surface area contributed by atoms with E-state index in [1.165, 1.54) is 13.3 Å². The normalized spacial score (nSPS) is 12.1. The minimum atomic E-state index is -1.42. The van der Waals surface area contributed by atoms with E-state index < -0.39 is 35.1 Å². The molecule has 30 heavy (non-hydrogen) atoms. The molecule has 0 fully saturated rings. The fraction of sp³-hybridized carbons (Fsp3) is 0.300. The van der Waals surface area contributed by atoms with Crippen LogP contribution in [-0.2, 0) is 11.2 Å².